The van der Waals surface area contributed by atoms with Crippen molar-refractivity contribution < 1.29 is 9.18 Å². The monoisotopic (exact) mass is 378 g/mol. The zero-order valence-electron chi connectivity index (χ0n) is 16.8. The van der Waals surface area contributed by atoms with Crippen molar-refractivity contribution in [1.82, 2.24) is 9.88 Å². The molecule has 4 heteroatoms. The molecule has 0 bridgehead atoms. The lowest BCUT2D eigenvalue weighted by molar-refractivity contribution is 0.0673. The molecule has 28 heavy (non-hydrogen) atoms. The van der Waals surface area contributed by atoms with E-state index in [1.807, 2.05) is 30.3 Å². The summed E-state index contributed by atoms with van der Waals surface area (Å²) in [6, 6.07) is 13.1. The summed E-state index contributed by atoms with van der Waals surface area (Å²) in [4.78, 5) is 18.8. The number of hydrogen-bond donors (Lipinski definition) is 1. The van der Waals surface area contributed by atoms with Crippen molar-refractivity contribution in [3.8, 4) is 0 Å². The van der Waals surface area contributed by atoms with Gasteiger partial charge in [-0.3, -0.25) is 4.79 Å². The molecule has 0 spiro atoms. The number of nitrogens with zero attached hydrogens (tertiary/aromatic N) is 1. The molecule has 2 heterocycles. The number of rotatable bonds is 4. The topological polar surface area (TPSA) is 36.1 Å². The highest BCUT2D eigenvalue weighted by molar-refractivity contribution is 5.99. The van der Waals surface area contributed by atoms with Crippen molar-refractivity contribution in [3.63, 3.8) is 0 Å². The number of carbonyl (C=O) groups is 1. The number of nitrogens with one attached hydrogen (secondary N) is 1. The molecule has 0 radical (unpaired) electrons. The maximum absolute atomic E-state index is 13.4. The maximum atomic E-state index is 13.4. The zero-order chi connectivity index (χ0) is 19.8. The number of aromatic nitrogens is 1. The van der Waals surface area contributed by atoms with Gasteiger partial charge in [0, 0.05) is 34.2 Å². The molecule has 4 rings (SSSR count). The number of hydrogen-bond acceptors (Lipinski definition) is 1. The number of aromatic amines is 1. The molecule has 1 N–H and O–H groups in total. The van der Waals surface area contributed by atoms with Crippen LogP contribution in [-0.2, 0) is 6.42 Å². The Balaban J connectivity index is 1.54. The molecule has 0 aliphatic carbocycles. The van der Waals surface area contributed by atoms with Crippen molar-refractivity contribution in [3.05, 3.63) is 70.7 Å². The van der Waals surface area contributed by atoms with Crippen molar-refractivity contribution in [2.24, 2.45) is 0 Å². The summed E-state index contributed by atoms with van der Waals surface area (Å²) in [5.41, 5.74) is 5.30. The van der Waals surface area contributed by atoms with Gasteiger partial charge < -0.3 is 9.88 Å². The second kappa shape index (κ2) is 7.42. The molecular weight excluding hydrogens is 351 g/mol. The quantitative estimate of drug-likeness (QED) is 0.635. The largest absolute Gasteiger partial charge is 0.358 e. The minimum Gasteiger partial charge on any atom is -0.358 e. The first-order chi connectivity index (χ1) is 13.4. The van der Waals surface area contributed by atoms with Crippen molar-refractivity contribution in [1.29, 1.82) is 0 Å². The third-order valence-corrected chi connectivity index (χ3v) is 6.26. The average Bonchev–Trinajstić information content (AvgIpc) is 3.20. The van der Waals surface area contributed by atoms with Gasteiger partial charge in [0.2, 0.25) is 0 Å². The van der Waals surface area contributed by atoms with Crippen LogP contribution in [-0.4, -0.2) is 27.9 Å². The third kappa shape index (κ3) is 3.44. The Kier molecular flexibility index (Phi) is 4.96. The standard InChI is InChI=1S/C24H27FN2O/c1-15-4-11-21(12-7-18-5-9-20(25)10-6-18)27(15)24(28)19-8-13-23-22(14-19)16(2)17(3)26-23/h5-6,8-10,13-15,21,26H,4,7,11-12H2,1-3H3/t15-,21-/m1/s1. The highest BCUT2D eigenvalue weighted by Gasteiger charge is 2.34. The number of H-pyrrole nitrogens is 1. The van der Waals surface area contributed by atoms with Crippen LogP contribution in [0.5, 0.6) is 0 Å². The third-order valence-electron chi connectivity index (χ3n) is 6.26. The Morgan fingerprint density at radius 1 is 1.14 bits per heavy atom. The van der Waals surface area contributed by atoms with E-state index >= 15 is 0 Å². The predicted octanol–water partition coefficient (Wildman–Crippen LogP) is 5.55. The molecule has 1 aliphatic rings. The number of benzene rings is 2. The fourth-order valence-electron chi connectivity index (χ4n) is 4.45. The van der Waals surface area contributed by atoms with Crippen molar-refractivity contribution >= 4 is 16.8 Å². The Bertz CT molecular complexity index is 1010. The molecular formula is C24H27FN2O. The molecule has 146 valence electrons. The number of fused-ring (bicyclic) bond motifs is 1. The molecule has 1 amide bonds. The Labute approximate surface area is 165 Å². The SMILES string of the molecule is Cc1[nH]c2ccc(C(=O)N3[C@@H](CCc4ccc(F)cc4)CC[C@H]3C)cc2c1C. The van der Waals surface area contributed by atoms with Gasteiger partial charge in [-0.25, -0.2) is 4.39 Å². The van der Waals surface area contributed by atoms with E-state index in [1.165, 1.54) is 17.7 Å². The normalized spacial score (nSPS) is 19.5. The molecule has 0 unspecified atom stereocenters. The van der Waals surface area contributed by atoms with E-state index in [9.17, 15) is 9.18 Å². The summed E-state index contributed by atoms with van der Waals surface area (Å²) in [5.74, 6) is -0.0880. The van der Waals surface area contributed by atoms with E-state index in [0.717, 1.165) is 53.4 Å². The number of amides is 1. The summed E-state index contributed by atoms with van der Waals surface area (Å²) in [6.45, 7) is 6.29. The lowest BCUT2D eigenvalue weighted by atomic mass is 10.0. The van der Waals surface area contributed by atoms with Gasteiger partial charge in [-0.2, -0.15) is 0 Å². The van der Waals surface area contributed by atoms with E-state index in [4.69, 9.17) is 0 Å². The molecule has 1 fully saturated rings. The van der Waals surface area contributed by atoms with Crippen molar-refractivity contribution in [2.45, 2.75) is 58.5 Å². The minimum absolute atomic E-state index is 0.120. The van der Waals surface area contributed by atoms with Gasteiger partial charge in [0.05, 0.1) is 0 Å². The average molecular weight is 378 g/mol. The van der Waals surface area contributed by atoms with Crippen LogP contribution in [0.15, 0.2) is 42.5 Å². The summed E-state index contributed by atoms with van der Waals surface area (Å²) < 4.78 is 13.1. The molecule has 2 atom stereocenters. The van der Waals surface area contributed by atoms with Crippen LogP contribution in [0.1, 0.15) is 53.4 Å². The second-order valence-electron chi connectivity index (χ2n) is 8.09. The number of aryl methyl sites for hydroxylation is 3. The highest BCUT2D eigenvalue weighted by Crippen LogP contribution is 2.30. The van der Waals surface area contributed by atoms with Gasteiger partial charge >= 0.3 is 0 Å². The van der Waals surface area contributed by atoms with Crippen LogP contribution in [0.25, 0.3) is 10.9 Å². The molecule has 1 saturated heterocycles. The van der Waals surface area contributed by atoms with E-state index < -0.39 is 0 Å². The Morgan fingerprint density at radius 3 is 2.64 bits per heavy atom. The molecule has 1 aliphatic heterocycles. The molecule has 3 aromatic rings. The molecule has 2 aromatic carbocycles. The Morgan fingerprint density at radius 2 is 1.89 bits per heavy atom. The van der Waals surface area contributed by atoms with Gasteiger partial charge in [-0.15, -0.1) is 0 Å². The summed E-state index contributed by atoms with van der Waals surface area (Å²) in [5, 5.41) is 1.12. The predicted molar refractivity (Wildman–Crippen MR) is 111 cm³/mol. The van der Waals surface area contributed by atoms with Crippen LogP contribution in [0.3, 0.4) is 0 Å². The van der Waals surface area contributed by atoms with Gasteiger partial charge in [0.15, 0.2) is 0 Å². The van der Waals surface area contributed by atoms with Gasteiger partial charge in [0.25, 0.3) is 5.91 Å². The second-order valence-corrected chi connectivity index (χ2v) is 8.09. The van der Waals surface area contributed by atoms with E-state index in [-0.39, 0.29) is 23.8 Å². The number of carbonyl (C=O) groups excluding carboxylic acids is 1. The highest BCUT2D eigenvalue weighted by atomic mass is 19.1. The van der Waals surface area contributed by atoms with Crippen LogP contribution in [0.4, 0.5) is 4.39 Å². The van der Waals surface area contributed by atoms with Crippen LogP contribution in [0, 0.1) is 19.7 Å². The first-order valence-electron chi connectivity index (χ1n) is 10.1. The van der Waals surface area contributed by atoms with Crippen molar-refractivity contribution in [2.75, 3.05) is 0 Å². The summed E-state index contributed by atoms with van der Waals surface area (Å²) in [6.07, 6.45) is 3.83. The van der Waals surface area contributed by atoms with Gasteiger partial charge in [-0.1, -0.05) is 12.1 Å². The van der Waals surface area contributed by atoms with Gasteiger partial charge in [-0.05, 0) is 87.9 Å². The van der Waals surface area contributed by atoms with E-state index in [1.54, 1.807) is 0 Å². The number of likely N-dealkylation sites (tertiary alicyclic amines) is 1. The number of halogens is 1. The van der Waals surface area contributed by atoms with Crippen LogP contribution >= 0.6 is 0 Å². The fourth-order valence-corrected chi connectivity index (χ4v) is 4.45. The van der Waals surface area contributed by atoms with Crippen LogP contribution in [0.2, 0.25) is 0 Å². The van der Waals surface area contributed by atoms with E-state index in [2.05, 4.69) is 30.7 Å². The Hall–Kier alpha value is -2.62. The molecule has 3 nitrogen and oxygen atoms in total. The van der Waals surface area contributed by atoms with E-state index in [0.29, 0.717) is 0 Å². The maximum Gasteiger partial charge on any atom is 0.254 e. The van der Waals surface area contributed by atoms with Gasteiger partial charge in [0.1, 0.15) is 5.82 Å². The molecule has 1 aromatic heterocycles. The first-order valence-corrected chi connectivity index (χ1v) is 10.1. The fraction of sp³-hybridized carbons (Fsp3) is 0.375. The first kappa shape index (κ1) is 18.7. The minimum atomic E-state index is -0.208. The van der Waals surface area contributed by atoms with Crippen LogP contribution < -0.4 is 0 Å². The smallest absolute Gasteiger partial charge is 0.254 e. The molecule has 0 saturated carbocycles. The zero-order valence-corrected chi connectivity index (χ0v) is 16.8. The summed E-state index contributed by atoms with van der Waals surface area (Å²) >= 11 is 0. The lowest BCUT2D eigenvalue weighted by Crippen LogP contribution is -2.40. The lowest BCUT2D eigenvalue weighted by Gasteiger charge is -2.29. The summed E-state index contributed by atoms with van der Waals surface area (Å²) in [7, 11) is 0.